The van der Waals surface area contributed by atoms with Crippen molar-refractivity contribution in [2.75, 3.05) is 26.7 Å². The Bertz CT molecular complexity index is 1260. The highest BCUT2D eigenvalue weighted by atomic mass is 19.2. The number of imidazole rings is 1. The summed E-state index contributed by atoms with van der Waals surface area (Å²) >= 11 is 0. The van der Waals surface area contributed by atoms with Crippen LogP contribution in [0.15, 0.2) is 42.6 Å². The maximum atomic E-state index is 13.4. The first-order valence-corrected chi connectivity index (χ1v) is 11.4. The van der Waals surface area contributed by atoms with Gasteiger partial charge in [-0.2, -0.15) is 0 Å². The van der Waals surface area contributed by atoms with Crippen molar-refractivity contribution in [2.24, 2.45) is 0 Å². The molecule has 0 aliphatic carbocycles. The van der Waals surface area contributed by atoms with Crippen LogP contribution in [0.25, 0.3) is 21.9 Å². The van der Waals surface area contributed by atoms with Crippen LogP contribution in [0.5, 0.6) is 5.75 Å². The Morgan fingerprint density at radius 2 is 1.94 bits per heavy atom. The van der Waals surface area contributed by atoms with Crippen molar-refractivity contribution in [1.82, 2.24) is 25.2 Å². The van der Waals surface area contributed by atoms with Gasteiger partial charge in [0, 0.05) is 36.3 Å². The van der Waals surface area contributed by atoms with Crippen LogP contribution in [-0.2, 0) is 6.54 Å². The molecule has 2 aromatic carbocycles. The van der Waals surface area contributed by atoms with Crippen molar-refractivity contribution in [2.45, 2.75) is 31.5 Å². The van der Waals surface area contributed by atoms with Gasteiger partial charge in [0.1, 0.15) is 11.6 Å². The third-order valence-electron chi connectivity index (χ3n) is 6.49. The van der Waals surface area contributed by atoms with Gasteiger partial charge in [0.05, 0.1) is 36.3 Å². The molecule has 5 rings (SSSR count). The van der Waals surface area contributed by atoms with Crippen molar-refractivity contribution in [1.29, 1.82) is 0 Å². The number of benzene rings is 2. The summed E-state index contributed by atoms with van der Waals surface area (Å²) in [7, 11) is 1.62. The molecule has 1 fully saturated rings. The van der Waals surface area contributed by atoms with Gasteiger partial charge in [0.25, 0.3) is 0 Å². The number of rotatable bonds is 7. The Kier molecular flexibility index (Phi) is 6.40. The van der Waals surface area contributed by atoms with E-state index in [0.29, 0.717) is 36.0 Å². The van der Waals surface area contributed by atoms with Crippen molar-refractivity contribution >= 4 is 21.9 Å². The number of methoxy groups -OCH3 is 1. The third kappa shape index (κ3) is 4.72. The quantitative estimate of drug-likeness (QED) is 0.384. The van der Waals surface area contributed by atoms with Gasteiger partial charge in [-0.05, 0) is 55.8 Å². The van der Waals surface area contributed by atoms with Gasteiger partial charge in [-0.1, -0.05) is 0 Å². The molecule has 1 aliphatic rings. The molecule has 4 aromatic rings. The molecule has 0 saturated carbocycles. The molecule has 1 saturated heterocycles. The highest BCUT2D eigenvalue weighted by molar-refractivity contribution is 5.83. The van der Waals surface area contributed by atoms with Crippen LogP contribution in [0, 0.1) is 11.6 Å². The fourth-order valence-corrected chi connectivity index (χ4v) is 4.61. The summed E-state index contributed by atoms with van der Waals surface area (Å²) in [6, 6.07) is 10.1. The zero-order valence-electron chi connectivity index (χ0n) is 18.9. The first kappa shape index (κ1) is 22.6. The number of aliphatic hydroxyl groups excluding tert-OH is 1. The maximum absolute atomic E-state index is 13.4. The Morgan fingerprint density at radius 1 is 1.15 bits per heavy atom. The van der Waals surface area contributed by atoms with Crippen LogP contribution in [-0.4, -0.2) is 57.7 Å². The monoisotopic (exact) mass is 467 g/mol. The number of hydrogen-bond acceptors (Lipinski definition) is 6. The number of ether oxygens (including phenoxy) is 1. The molecule has 7 nitrogen and oxygen atoms in total. The first-order chi connectivity index (χ1) is 16.5. The summed E-state index contributed by atoms with van der Waals surface area (Å²) in [5, 5.41) is 15.3. The Morgan fingerprint density at radius 3 is 2.74 bits per heavy atom. The molecule has 1 aliphatic heterocycles. The van der Waals surface area contributed by atoms with E-state index in [2.05, 4.69) is 25.2 Å². The highest BCUT2D eigenvalue weighted by Gasteiger charge is 2.23. The fraction of sp³-hybridized carbons (Fsp3) is 0.360. The number of piperidine rings is 1. The number of nitrogens with one attached hydrogen (secondary N) is 2. The Hall–Kier alpha value is -3.14. The van der Waals surface area contributed by atoms with Gasteiger partial charge in [-0.3, -0.25) is 4.98 Å². The van der Waals surface area contributed by atoms with E-state index in [1.165, 1.54) is 0 Å². The summed E-state index contributed by atoms with van der Waals surface area (Å²) in [6.07, 6.45) is 2.96. The van der Waals surface area contributed by atoms with Crippen molar-refractivity contribution in [3.05, 3.63) is 65.6 Å². The number of aromatic nitrogens is 3. The van der Waals surface area contributed by atoms with E-state index in [1.54, 1.807) is 13.3 Å². The molecule has 0 spiro atoms. The smallest absolute Gasteiger partial charge is 0.161 e. The third-order valence-corrected chi connectivity index (χ3v) is 6.49. The molecule has 34 heavy (non-hydrogen) atoms. The van der Waals surface area contributed by atoms with E-state index >= 15 is 0 Å². The standard InChI is InChI=1S/C25H27F2N5O2/c1-34-16-2-3-21-18(10-16)17(4-7-28-21)24(33)14-32-8-5-15(6-9-32)29-13-25-30-22-11-19(26)20(27)12-23(22)31-25/h2-4,7,10-12,15,24,29,33H,5-6,8-9,13-14H2,1H3,(H,30,31)/t24-/m0/s1. The second-order valence-corrected chi connectivity index (χ2v) is 8.72. The molecular formula is C25H27F2N5O2. The molecular weight excluding hydrogens is 440 g/mol. The number of β-amino-alcohol motifs (C(OH)–C–C–N with tert-alkyl or cyclic N) is 1. The molecule has 178 valence electrons. The zero-order valence-corrected chi connectivity index (χ0v) is 18.9. The van der Waals surface area contributed by atoms with Gasteiger partial charge in [-0.15, -0.1) is 0 Å². The average Bonchev–Trinajstić information content (AvgIpc) is 3.24. The number of aliphatic hydroxyl groups is 1. The fourth-order valence-electron chi connectivity index (χ4n) is 4.61. The summed E-state index contributed by atoms with van der Waals surface area (Å²) in [5.41, 5.74) is 2.58. The van der Waals surface area contributed by atoms with E-state index < -0.39 is 17.7 Å². The number of aromatic amines is 1. The van der Waals surface area contributed by atoms with Gasteiger partial charge in [0.15, 0.2) is 11.6 Å². The molecule has 2 aromatic heterocycles. The lowest BCUT2D eigenvalue weighted by atomic mass is 10.0. The largest absolute Gasteiger partial charge is 0.497 e. The molecule has 0 unspecified atom stereocenters. The van der Waals surface area contributed by atoms with Crippen molar-refractivity contribution in [3.8, 4) is 5.75 Å². The molecule has 0 radical (unpaired) electrons. The first-order valence-electron chi connectivity index (χ1n) is 11.4. The van der Waals surface area contributed by atoms with E-state index in [4.69, 9.17) is 4.74 Å². The molecule has 0 amide bonds. The number of halogens is 2. The van der Waals surface area contributed by atoms with E-state index in [9.17, 15) is 13.9 Å². The Balaban J connectivity index is 1.16. The van der Waals surface area contributed by atoms with E-state index in [1.807, 2.05) is 24.3 Å². The Labute approximate surface area is 195 Å². The van der Waals surface area contributed by atoms with E-state index in [-0.39, 0.29) is 0 Å². The number of hydrogen-bond donors (Lipinski definition) is 3. The number of likely N-dealkylation sites (tertiary alicyclic amines) is 1. The van der Waals surface area contributed by atoms with Gasteiger partial charge < -0.3 is 25.0 Å². The molecule has 3 heterocycles. The summed E-state index contributed by atoms with van der Waals surface area (Å²) in [6.45, 7) is 2.76. The minimum absolute atomic E-state index is 0.307. The second-order valence-electron chi connectivity index (χ2n) is 8.72. The lowest BCUT2D eigenvalue weighted by Crippen LogP contribution is -2.43. The van der Waals surface area contributed by atoms with Crippen molar-refractivity contribution < 1.29 is 18.6 Å². The molecule has 1 atom stereocenters. The number of fused-ring (bicyclic) bond motifs is 2. The normalized spacial score (nSPS) is 16.4. The number of nitrogens with zero attached hydrogens (tertiary/aromatic N) is 3. The van der Waals surface area contributed by atoms with Crippen molar-refractivity contribution in [3.63, 3.8) is 0 Å². The summed E-state index contributed by atoms with van der Waals surface area (Å²) in [4.78, 5) is 14.0. The molecule has 0 bridgehead atoms. The lowest BCUT2D eigenvalue weighted by Gasteiger charge is -2.33. The summed E-state index contributed by atoms with van der Waals surface area (Å²) < 4.78 is 32.2. The van der Waals surface area contributed by atoms with Crippen LogP contribution < -0.4 is 10.1 Å². The second kappa shape index (κ2) is 9.61. The van der Waals surface area contributed by atoms with Crippen LogP contribution in [0.4, 0.5) is 8.78 Å². The van der Waals surface area contributed by atoms with Crippen LogP contribution in [0.2, 0.25) is 0 Å². The maximum Gasteiger partial charge on any atom is 0.161 e. The van der Waals surface area contributed by atoms with Gasteiger partial charge in [-0.25, -0.2) is 13.8 Å². The van der Waals surface area contributed by atoms with Crippen LogP contribution in [0.1, 0.15) is 30.3 Å². The van der Waals surface area contributed by atoms with Gasteiger partial charge >= 0.3 is 0 Å². The summed E-state index contributed by atoms with van der Waals surface area (Å²) in [5.74, 6) is -0.394. The molecule has 9 heteroatoms. The van der Waals surface area contributed by atoms with Crippen LogP contribution in [0.3, 0.4) is 0 Å². The van der Waals surface area contributed by atoms with Crippen LogP contribution >= 0.6 is 0 Å². The van der Waals surface area contributed by atoms with E-state index in [0.717, 1.165) is 60.3 Å². The average molecular weight is 468 g/mol. The zero-order chi connectivity index (χ0) is 23.7. The highest BCUT2D eigenvalue weighted by Crippen LogP contribution is 2.28. The predicted octanol–water partition coefficient (Wildman–Crippen LogP) is 3.69. The molecule has 3 N–H and O–H groups in total. The predicted molar refractivity (Wildman–Crippen MR) is 126 cm³/mol. The lowest BCUT2D eigenvalue weighted by molar-refractivity contribution is 0.0948. The topological polar surface area (TPSA) is 86.3 Å². The van der Waals surface area contributed by atoms with Gasteiger partial charge in [0.2, 0.25) is 0 Å². The number of pyridine rings is 1. The minimum Gasteiger partial charge on any atom is -0.497 e. The number of H-pyrrole nitrogens is 1. The minimum atomic E-state index is -0.896. The SMILES string of the molecule is COc1ccc2nccc([C@@H](O)CN3CCC(NCc4nc5cc(F)c(F)cc5[nH]4)CC3)c2c1.